The summed E-state index contributed by atoms with van der Waals surface area (Å²) >= 11 is 0. The Morgan fingerprint density at radius 1 is 1.00 bits per heavy atom. The molecule has 0 spiro atoms. The first-order chi connectivity index (χ1) is 12.4. The Labute approximate surface area is 161 Å². The summed E-state index contributed by atoms with van der Waals surface area (Å²) in [5.74, 6) is 0. The Balaban J connectivity index is 2.72. The van der Waals surface area contributed by atoms with E-state index >= 15 is 0 Å². The molecule has 0 aliphatic rings. The van der Waals surface area contributed by atoms with E-state index in [2.05, 4.69) is 5.43 Å². The summed E-state index contributed by atoms with van der Waals surface area (Å²) in [4.78, 5) is 24.6. The van der Waals surface area contributed by atoms with Gasteiger partial charge in [-0.3, -0.25) is 0 Å². The van der Waals surface area contributed by atoms with Crippen LogP contribution in [0.2, 0.25) is 0 Å². The summed E-state index contributed by atoms with van der Waals surface area (Å²) in [7, 11) is 0. The topological polar surface area (TPSA) is 77.1 Å². The number of carbonyl (C=O) groups excluding carboxylic acids is 2. The zero-order valence-electron chi connectivity index (χ0n) is 17.4. The standard InChI is InChI=1S/C20H32N2O5/c1-15(13-25-14-16-11-9-8-10-12-16)22(18(24)27-20(5,6)7)21-17(23)26-19(2,3)4/h8-12,15H,13-14H2,1-7H3,(H,21,23). The molecule has 27 heavy (non-hydrogen) atoms. The number of ether oxygens (including phenoxy) is 3. The molecule has 0 heterocycles. The molecule has 1 aromatic rings. The van der Waals surface area contributed by atoms with Gasteiger partial charge in [0.1, 0.15) is 11.2 Å². The minimum Gasteiger partial charge on any atom is -0.443 e. The van der Waals surface area contributed by atoms with Gasteiger partial charge in [-0.25, -0.2) is 20.0 Å². The van der Waals surface area contributed by atoms with Gasteiger partial charge < -0.3 is 14.2 Å². The maximum absolute atomic E-state index is 12.5. The van der Waals surface area contributed by atoms with E-state index in [0.29, 0.717) is 6.61 Å². The van der Waals surface area contributed by atoms with Crippen molar-refractivity contribution in [1.29, 1.82) is 0 Å². The van der Waals surface area contributed by atoms with E-state index in [1.165, 1.54) is 0 Å². The first-order valence-electron chi connectivity index (χ1n) is 9.01. The summed E-state index contributed by atoms with van der Waals surface area (Å²) in [6, 6.07) is 9.24. The molecule has 0 fully saturated rings. The third-order valence-corrected chi connectivity index (χ3v) is 3.11. The van der Waals surface area contributed by atoms with E-state index < -0.39 is 29.4 Å². The molecule has 0 radical (unpaired) electrons. The van der Waals surface area contributed by atoms with Crippen molar-refractivity contribution in [3.05, 3.63) is 35.9 Å². The number of amides is 2. The molecule has 2 amide bonds. The highest BCUT2D eigenvalue weighted by Crippen LogP contribution is 2.13. The number of hydrogen-bond donors (Lipinski definition) is 1. The number of hydrogen-bond acceptors (Lipinski definition) is 5. The normalized spacial score (nSPS) is 12.9. The van der Waals surface area contributed by atoms with E-state index in [9.17, 15) is 9.59 Å². The van der Waals surface area contributed by atoms with Gasteiger partial charge in [0.2, 0.25) is 0 Å². The van der Waals surface area contributed by atoms with Gasteiger partial charge in [-0.15, -0.1) is 0 Å². The second-order valence-corrected chi connectivity index (χ2v) is 8.31. The second-order valence-electron chi connectivity index (χ2n) is 8.31. The van der Waals surface area contributed by atoms with Crippen molar-refractivity contribution >= 4 is 12.2 Å². The first-order valence-corrected chi connectivity index (χ1v) is 9.01. The number of rotatable bonds is 5. The van der Waals surface area contributed by atoms with Gasteiger partial charge in [-0.2, -0.15) is 0 Å². The lowest BCUT2D eigenvalue weighted by Crippen LogP contribution is -2.54. The highest BCUT2D eigenvalue weighted by atomic mass is 16.6. The van der Waals surface area contributed by atoms with Crippen LogP contribution in [0.1, 0.15) is 54.0 Å². The minimum atomic E-state index is -0.733. The molecule has 152 valence electrons. The van der Waals surface area contributed by atoms with Gasteiger partial charge in [0, 0.05) is 0 Å². The highest BCUT2D eigenvalue weighted by molar-refractivity contribution is 5.74. The third-order valence-electron chi connectivity index (χ3n) is 3.11. The number of benzene rings is 1. The first kappa shape index (κ1) is 22.8. The molecule has 0 bridgehead atoms. The number of hydrazine groups is 1. The van der Waals surface area contributed by atoms with Crippen molar-refractivity contribution in [1.82, 2.24) is 10.4 Å². The maximum Gasteiger partial charge on any atom is 0.429 e. The summed E-state index contributed by atoms with van der Waals surface area (Å²) in [6.07, 6.45) is -1.41. The van der Waals surface area contributed by atoms with E-state index in [1.54, 1.807) is 48.5 Å². The summed E-state index contributed by atoms with van der Waals surface area (Å²) in [5, 5.41) is 1.10. The summed E-state index contributed by atoms with van der Waals surface area (Å²) < 4.78 is 16.3. The van der Waals surface area contributed by atoms with Crippen LogP contribution in [0.15, 0.2) is 30.3 Å². The van der Waals surface area contributed by atoms with Gasteiger partial charge in [0.25, 0.3) is 0 Å². The van der Waals surface area contributed by atoms with Crippen LogP contribution in [-0.4, -0.2) is 41.0 Å². The minimum absolute atomic E-state index is 0.212. The fourth-order valence-corrected chi connectivity index (χ4v) is 2.04. The van der Waals surface area contributed by atoms with Crippen LogP contribution in [0.3, 0.4) is 0 Å². The Morgan fingerprint density at radius 2 is 1.56 bits per heavy atom. The fraction of sp³-hybridized carbons (Fsp3) is 0.600. The molecule has 0 aliphatic carbocycles. The third kappa shape index (κ3) is 9.84. The number of nitrogens with zero attached hydrogens (tertiary/aromatic N) is 1. The van der Waals surface area contributed by atoms with Crippen molar-refractivity contribution in [2.45, 2.75) is 72.3 Å². The molecule has 1 aromatic carbocycles. The van der Waals surface area contributed by atoms with E-state index in [1.807, 2.05) is 30.3 Å². The van der Waals surface area contributed by atoms with Crippen LogP contribution in [-0.2, 0) is 20.8 Å². The van der Waals surface area contributed by atoms with Crippen LogP contribution in [0.5, 0.6) is 0 Å². The second kappa shape index (κ2) is 9.60. The van der Waals surface area contributed by atoms with Crippen molar-refractivity contribution < 1.29 is 23.8 Å². The Kier molecular flexibility index (Phi) is 8.09. The average molecular weight is 380 g/mol. The van der Waals surface area contributed by atoms with E-state index in [-0.39, 0.29) is 6.61 Å². The Morgan fingerprint density at radius 3 is 2.07 bits per heavy atom. The van der Waals surface area contributed by atoms with Gasteiger partial charge in [-0.05, 0) is 54.0 Å². The smallest absolute Gasteiger partial charge is 0.429 e. The van der Waals surface area contributed by atoms with Crippen molar-refractivity contribution in [2.75, 3.05) is 6.61 Å². The van der Waals surface area contributed by atoms with Crippen molar-refractivity contribution in [3.8, 4) is 0 Å². The zero-order chi connectivity index (χ0) is 20.7. The van der Waals surface area contributed by atoms with Gasteiger partial charge >= 0.3 is 12.2 Å². The molecule has 1 atom stereocenters. The molecule has 1 rings (SSSR count). The molecular formula is C20H32N2O5. The molecule has 0 saturated heterocycles. The van der Waals surface area contributed by atoms with Crippen LogP contribution in [0.25, 0.3) is 0 Å². The van der Waals surface area contributed by atoms with Crippen LogP contribution in [0.4, 0.5) is 9.59 Å². The molecule has 0 aliphatic heterocycles. The quantitative estimate of drug-likeness (QED) is 0.772. The molecule has 0 aromatic heterocycles. The predicted octanol–water partition coefficient (Wildman–Crippen LogP) is 4.27. The Bertz CT molecular complexity index is 605. The van der Waals surface area contributed by atoms with Gasteiger partial charge in [0.15, 0.2) is 0 Å². The maximum atomic E-state index is 12.5. The van der Waals surface area contributed by atoms with Crippen LogP contribution in [0, 0.1) is 0 Å². The molecule has 1 unspecified atom stereocenters. The number of nitrogens with one attached hydrogen (secondary N) is 1. The van der Waals surface area contributed by atoms with Crippen molar-refractivity contribution in [3.63, 3.8) is 0 Å². The lowest BCUT2D eigenvalue weighted by Gasteiger charge is -2.32. The zero-order valence-corrected chi connectivity index (χ0v) is 17.4. The largest absolute Gasteiger partial charge is 0.443 e. The van der Waals surface area contributed by atoms with Crippen molar-refractivity contribution in [2.24, 2.45) is 0 Å². The van der Waals surface area contributed by atoms with E-state index in [4.69, 9.17) is 14.2 Å². The Hall–Kier alpha value is -2.28. The predicted molar refractivity (Wildman–Crippen MR) is 103 cm³/mol. The van der Waals surface area contributed by atoms with Gasteiger partial charge in [0.05, 0.1) is 19.3 Å². The average Bonchev–Trinajstić information content (AvgIpc) is 2.50. The lowest BCUT2D eigenvalue weighted by atomic mass is 10.2. The van der Waals surface area contributed by atoms with Crippen LogP contribution < -0.4 is 5.43 Å². The molecule has 7 nitrogen and oxygen atoms in total. The molecule has 1 N–H and O–H groups in total. The molecule has 7 heteroatoms. The van der Waals surface area contributed by atoms with E-state index in [0.717, 1.165) is 10.6 Å². The molecular weight excluding hydrogens is 348 g/mol. The monoisotopic (exact) mass is 380 g/mol. The fourth-order valence-electron chi connectivity index (χ4n) is 2.04. The molecule has 0 saturated carbocycles. The van der Waals surface area contributed by atoms with Gasteiger partial charge in [-0.1, -0.05) is 30.3 Å². The SMILES string of the molecule is CC(COCc1ccccc1)N(NC(=O)OC(C)(C)C)C(=O)OC(C)(C)C. The summed E-state index contributed by atoms with van der Waals surface area (Å²) in [5.41, 5.74) is 2.10. The summed E-state index contributed by atoms with van der Waals surface area (Å²) in [6.45, 7) is 12.9. The number of carbonyl (C=O) groups is 2. The van der Waals surface area contributed by atoms with Crippen LogP contribution >= 0.6 is 0 Å². The lowest BCUT2D eigenvalue weighted by molar-refractivity contribution is -0.0220. The highest BCUT2D eigenvalue weighted by Gasteiger charge is 2.29.